The van der Waals surface area contributed by atoms with E-state index in [0.717, 1.165) is 24.4 Å². The van der Waals surface area contributed by atoms with Crippen molar-refractivity contribution in [3.63, 3.8) is 0 Å². The van der Waals surface area contributed by atoms with Gasteiger partial charge >= 0.3 is 0 Å². The number of hydrogen-bond donors (Lipinski definition) is 0. The Kier molecular flexibility index (Phi) is 8.17. The average Bonchev–Trinajstić information content (AvgIpc) is 3.07. The van der Waals surface area contributed by atoms with Gasteiger partial charge in [0.2, 0.25) is 0 Å². The Bertz CT molecular complexity index is 242. The fourth-order valence-electron chi connectivity index (χ4n) is 3.07. The number of rotatable bonds is 12. The van der Waals surface area contributed by atoms with Crippen molar-refractivity contribution in [2.75, 3.05) is 6.61 Å². The second-order valence-corrected chi connectivity index (χ2v) is 8.10. The summed E-state index contributed by atoms with van der Waals surface area (Å²) in [4.78, 5) is 0. The highest BCUT2D eigenvalue weighted by atomic mass is 16.6. The van der Waals surface area contributed by atoms with E-state index in [1.54, 1.807) is 0 Å². The highest BCUT2D eigenvalue weighted by molar-refractivity contribution is 4.86. The molecule has 0 spiro atoms. The maximum Gasteiger partial charge on any atom is 0.0888 e. The first-order valence-electron chi connectivity index (χ1n) is 9.05. The lowest BCUT2D eigenvalue weighted by Gasteiger charge is -2.15. The molecule has 1 aliphatic rings. The van der Waals surface area contributed by atoms with Crippen LogP contribution in [-0.4, -0.2) is 12.2 Å². The van der Waals surface area contributed by atoms with Gasteiger partial charge in [0.15, 0.2) is 0 Å². The quantitative estimate of drug-likeness (QED) is 0.387. The molecule has 0 N–H and O–H groups in total. The van der Waals surface area contributed by atoms with E-state index in [2.05, 4.69) is 34.6 Å². The normalized spacial score (nSPS) is 24.9. The van der Waals surface area contributed by atoms with Gasteiger partial charge < -0.3 is 4.74 Å². The Balaban J connectivity index is 1.90. The molecule has 1 rings (SSSR count). The summed E-state index contributed by atoms with van der Waals surface area (Å²) in [5.41, 5.74) is 0.269. The van der Waals surface area contributed by atoms with E-state index in [0.29, 0.717) is 0 Å². The zero-order valence-electron chi connectivity index (χ0n) is 14.7. The van der Waals surface area contributed by atoms with Crippen LogP contribution >= 0.6 is 0 Å². The van der Waals surface area contributed by atoms with Crippen molar-refractivity contribution in [2.24, 2.45) is 17.8 Å². The molecule has 0 aromatic heterocycles. The van der Waals surface area contributed by atoms with Crippen LogP contribution in [-0.2, 0) is 4.74 Å². The minimum Gasteiger partial charge on any atom is -0.370 e. The molecule has 1 saturated heterocycles. The maximum absolute atomic E-state index is 5.44. The lowest BCUT2D eigenvalue weighted by atomic mass is 9.91. The van der Waals surface area contributed by atoms with E-state index in [9.17, 15) is 0 Å². The Hall–Kier alpha value is -0.0400. The lowest BCUT2D eigenvalue weighted by molar-refractivity contribution is 0.293. The van der Waals surface area contributed by atoms with E-state index < -0.39 is 0 Å². The summed E-state index contributed by atoms with van der Waals surface area (Å²) in [6.45, 7) is 12.8. The summed E-state index contributed by atoms with van der Waals surface area (Å²) in [7, 11) is 0. The lowest BCUT2D eigenvalue weighted by Crippen LogP contribution is -2.05. The molecule has 1 heteroatoms. The predicted octanol–water partition coefficient (Wildman–Crippen LogP) is 6.21. The smallest absolute Gasteiger partial charge is 0.0888 e. The average molecular weight is 283 g/mol. The fourth-order valence-corrected chi connectivity index (χ4v) is 3.07. The molecule has 0 bridgehead atoms. The zero-order chi connectivity index (χ0) is 15.0. The Morgan fingerprint density at radius 2 is 1.25 bits per heavy atom. The van der Waals surface area contributed by atoms with E-state index >= 15 is 0 Å². The van der Waals surface area contributed by atoms with Crippen molar-refractivity contribution in [3.8, 4) is 0 Å². The molecular weight excluding hydrogens is 244 g/mol. The van der Waals surface area contributed by atoms with Crippen molar-refractivity contribution in [1.82, 2.24) is 0 Å². The molecule has 0 aromatic rings. The number of hydrogen-bond acceptors (Lipinski definition) is 1. The first-order valence-corrected chi connectivity index (χ1v) is 9.05. The second-order valence-electron chi connectivity index (χ2n) is 8.10. The van der Waals surface area contributed by atoms with Gasteiger partial charge in [0.05, 0.1) is 12.2 Å². The van der Waals surface area contributed by atoms with Gasteiger partial charge in [-0.15, -0.1) is 0 Å². The third-order valence-corrected chi connectivity index (χ3v) is 4.91. The van der Waals surface area contributed by atoms with Crippen molar-refractivity contribution >= 4 is 0 Å². The van der Waals surface area contributed by atoms with Gasteiger partial charge in [0.1, 0.15) is 0 Å². The Morgan fingerprint density at radius 3 is 1.70 bits per heavy atom. The van der Waals surface area contributed by atoms with Crippen LogP contribution in [0.2, 0.25) is 0 Å². The summed E-state index contributed by atoms with van der Waals surface area (Å²) >= 11 is 0. The summed E-state index contributed by atoms with van der Waals surface area (Å²) in [5, 5.41) is 0. The minimum absolute atomic E-state index is 0.269. The summed E-state index contributed by atoms with van der Waals surface area (Å²) in [6.07, 6.45) is 12.6. The zero-order valence-corrected chi connectivity index (χ0v) is 14.7. The van der Waals surface area contributed by atoms with Crippen molar-refractivity contribution < 1.29 is 4.74 Å². The van der Waals surface area contributed by atoms with E-state index in [1.807, 2.05) is 0 Å². The third-order valence-electron chi connectivity index (χ3n) is 4.91. The standard InChI is InChI=1S/C19H38O/c1-16(2)9-6-10-17(3)11-7-12-18(4)13-8-14-19(5)15-20-19/h16-18H,6-15H2,1-5H3. The van der Waals surface area contributed by atoms with Crippen molar-refractivity contribution in [2.45, 2.75) is 98.0 Å². The molecule has 0 radical (unpaired) electrons. The summed E-state index contributed by atoms with van der Waals surface area (Å²) in [6, 6.07) is 0. The SMILES string of the molecule is CC(C)CCCC(C)CCCC(C)CCCC1(C)CO1. The monoisotopic (exact) mass is 282 g/mol. The fraction of sp³-hybridized carbons (Fsp3) is 1.00. The van der Waals surface area contributed by atoms with Gasteiger partial charge in [0, 0.05) is 0 Å². The van der Waals surface area contributed by atoms with Crippen LogP contribution in [0.15, 0.2) is 0 Å². The van der Waals surface area contributed by atoms with Gasteiger partial charge in [-0.2, -0.15) is 0 Å². The Morgan fingerprint density at radius 1 is 0.800 bits per heavy atom. The molecule has 1 aliphatic heterocycles. The first kappa shape index (κ1) is 18.0. The van der Waals surface area contributed by atoms with Crippen LogP contribution in [0.1, 0.15) is 92.4 Å². The molecule has 1 fully saturated rings. The predicted molar refractivity (Wildman–Crippen MR) is 89.1 cm³/mol. The summed E-state index contributed by atoms with van der Waals surface area (Å²) in [5.74, 6) is 2.71. The van der Waals surface area contributed by atoms with Crippen LogP contribution < -0.4 is 0 Å². The van der Waals surface area contributed by atoms with Gasteiger partial charge in [-0.3, -0.25) is 0 Å². The molecule has 0 amide bonds. The van der Waals surface area contributed by atoms with Crippen LogP contribution in [0.25, 0.3) is 0 Å². The topological polar surface area (TPSA) is 12.5 Å². The van der Waals surface area contributed by atoms with Crippen LogP contribution in [0, 0.1) is 17.8 Å². The molecule has 0 saturated carbocycles. The van der Waals surface area contributed by atoms with Crippen molar-refractivity contribution in [1.29, 1.82) is 0 Å². The molecule has 1 heterocycles. The van der Waals surface area contributed by atoms with Crippen molar-refractivity contribution in [3.05, 3.63) is 0 Å². The van der Waals surface area contributed by atoms with Crippen LogP contribution in [0.5, 0.6) is 0 Å². The molecular formula is C19H38O. The van der Waals surface area contributed by atoms with Gasteiger partial charge in [-0.05, 0) is 31.1 Å². The van der Waals surface area contributed by atoms with Gasteiger partial charge in [0.25, 0.3) is 0 Å². The molecule has 1 nitrogen and oxygen atoms in total. The molecule has 3 atom stereocenters. The molecule has 3 unspecified atom stereocenters. The van der Waals surface area contributed by atoms with E-state index in [-0.39, 0.29) is 5.60 Å². The third kappa shape index (κ3) is 9.00. The molecule has 0 aromatic carbocycles. The van der Waals surface area contributed by atoms with Crippen LogP contribution in [0.3, 0.4) is 0 Å². The van der Waals surface area contributed by atoms with Gasteiger partial charge in [-0.1, -0.05) is 79.1 Å². The van der Waals surface area contributed by atoms with Gasteiger partial charge in [-0.25, -0.2) is 0 Å². The Labute approximate surface area is 127 Å². The first-order chi connectivity index (χ1) is 9.41. The maximum atomic E-state index is 5.44. The summed E-state index contributed by atoms with van der Waals surface area (Å²) < 4.78 is 5.44. The molecule has 120 valence electrons. The molecule has 0 aliphatic carbocycles. The highest BCUT2D eigenvalue weighted by Crippen LogP contribution is 2.32. The second kappa shape index (κ2) is 9.07. The van der Waals surface area contributed by atoms with E-state index in [1.165, 1.54) is 57.8 Å². The highest BCUT2D eigenvalue weighted by Gasteiger charge is 2.38. The van der Waals surface area contributed by atoms with E-state index in [4.69, 9.17) is 4.74 Å². The van der Waals surface area contributed by atoms with Crippen LogP contribution in [0.4, 0.5) is 0 Å². The molecule has 20 heavy (non-hydrogen) atoms. The number of ether oxygens (including phenoxy) is 1. The number of epoxide rings is 1. The largest absolute Gasteiger partial charge is 0.370 e. The minimum atomic E-state index is 0.269.